The fourth-order valence-corrected chi connectivity index (χ4v) is 2.96. The number of aryl methyl sites for hydroxylation is 2. The van der Waals surface area contributed by atoms with Crippen molar-refractivity contribution in [2.75, 3.05) is 0 Å². The first-order valence-electron chi connectivity index (χ1n) is 5.57. The summed E-state index contributed by atoms with van der Waals surface area (Å²) in [6, 6.07) is 5.67. The zero-order valence-electron chi connectivity index (χ0n) is 10.3. The van der Waals surface area contributed by atoms with E-state index in [1.807, 2.05) is 32.0 Å². The van der Waals surface area contributed by atoms with Crippen LogP contribution in [-0.2, 0) is 6.54 Å². The molecule has 0 bridgehead atoms. The Labute approximate surface area is 116 Å². The number of aromatic nitrogens is 2. The highest BCUT2D eigenvalue weighted by atomic mass is 35.5. The van der Waals surface area contributed by atoms with Crippen molar-refractivity contribution in [2.45, 2.75) is 30.4 Å². The van der Waals surface area contributed by atoms with E-state index in [-0.39, 0.29) is 0 Å². The van der Waals surface area contributed by atoms with Gasteiger partial charge in [-0.25, -0.2) is 9.97 Å². The molecular formula is C13H14ClN3S. The molecular weight excluding hydrogens is 266 g/mol. The predicted molar refractivity (Wildman–Crippen MR) is 75.0 cm³/mol. The van der Waals surface area contributed by atoms with E-state index >= 15 is 0 Å². The lowest BCUT2D eigenvalue weighted by molar-refractivity contribution is 0.919. The Morgan fingerprint density at radius 2 is 2.11 bits per heavy atom. The summed E-state index contributed by atoms with van der Waals surface area (Å²) in [4.78, 5) is 8.78. The van der Waals surface area contributed by atoms with Crippen LogP contribution in [0.25, 0.3) is 0 Å². The van der Waals surface area contributed by atoms with Crippen LogP contribution in [0.3, 0.4) is 0 Å². The zero-order chi connectivity index (χ0) is 13.1. The Bertz CT molecular complexity index is 572. The van der Waals surface area contributed by atoms with Crippen molar-refractivity contribution in [3.8, 4) is 0 Å². The maximum Gasteiger partial charge on any atom is 0.121 e. The monoisotopic (exact) mass is 279 g/mol. The molecule has 0 unspecified atom stereocenters. The minimum absolute atomic E-state index is 0.464. The fourth-order valence-electron chi connectivity index (χ4n) is 1.70. The highest BCUT2D eigenvalue weighted by Gasteiger charge is 2.11. The van der Waals surface area contributed by atoms with Crippen LogP contribution in [0.15, 0.2) is 34.4 Å². The van der Waals surface area contributed by atoms with Crippen molar-refractivity contribution in [1.82, 2.24) is 9.97 Å². The number of pyridine rings is 2. The SMILES string of the molecule is Cc1cc(C)c(CN)c(Sc2ncccc2Cl)n1. The van der Waals surface area contributed by atoms with Crippen molar-refractivity contribution in [3.05, 3.63) is 46.2 Å². The average molecular weight is 280 g/mol. The molecule has 2 N–H and O–H groups in total. The molecule has 0 aliphatic heterocycles. The summed E-state index contributed by atoms with van der Waals surface area (Å²) in [7, 11) is 0. The molecule has 0 radical (unpaired) electrons. The lowest BCUT2D eigenvalue weighted by atomic mass is 10.1. The Kier molecular flexibility index (Phi) is 4.22. The van der Waals surface area contributed by atoms with Crippen LogP contribution in [-0.4, -0.2) is 9.97 Å². The number of rotatable bonds is 3. The second kappa shape index (κ2) is 5.69. The van der Waals surface area contributed by atoms with Gasteiger partial charge in [0, 0.05) is 24.0 Å². The van der Waals surface area contributed by atoms with E-state index in [0.717, 1.165) is 26.9 Å². The maximum atomic E-state index is 6.11. The van der Waals surface area contributed by atoms with Crippen LogP contribution in [0.1, 0.15) is 16.8 Å². The first kappa shape index (κ1) is 13.3. The molecule has 2 aromatic heterocycles. The molecule has 2 aromatic rings. The van der Waals surface area contributed by atoms with Gasteiger partial charge in [0.25, 0.3) is 0 Å². The van der Waals surface area contributed by atoms with Gasteiger partial charge in [0.05, 0.1) is 5.02 Å². The number of hydrogen-bond acceptors (Lipinski definition) is 4. The van der Waals surface area contributed by atoms with Gasteiger partial charge in [0.1, 0.15) is 10.1 Å². The topological polar surface area (TPSA) is 51.8 Å². The van der Waals surface area contributed by atoms with E-state index in [2.05, 4.69) is 9.97 Å². The van der Waals surface area contributed by atoms with Crippen LogP contribution in [0.2, 0.25) is 5.02 Å². The molecule has 94 valence electrons. The predicted octanol–water partition coefficient (Wildman–Crippen LogP) is 3.36. The minimum atomic E-state index is 0.464. The lowest BCUT2D eigenvalue weighted by Gasteiger charge is -2.11. The maximum absolute atomic E-state index is 6.11. The molecule has 0 fully saturated rings. The molecule has 0 aliphatic rings. The van der Waals surface area contributed by atoms with Crippen molar-refractivity contribution in [2.24, 2.45) is 5.73 Å². The van der Waals surface area contributed by atoms with Crippen molar-refractivity contribution < 1.29 is 0 Å². The molecule has 0 aliphatic carbocycles. The fraction of sp³-hybridized carbons (Fsp3) is 0.231. The van der Waals surface area contributed by atoms with Gasteiger partial charge in [-0.1, -0.05) is 11.6 Å². The van der Waals surface area contributed by atoms with Crippen LogP contribution >= 0.6 is 23.4 Å². The number of nitrogens with two attached hydrogens (primary N) is 1. The summed E-state index contributed by atoms with van der Waals surface area (Å²) >= 11 is 7.57. The Morgan fingerprint density at radius 3 is 2.78 bits per heavy atom. The zero-order valence-corrected chi connectivity index (χ0v) is 11.8. The van der Waals surface area contributed by atoms with Crippen molar-refractivity contribution in [1.29, 1.82) is 0 Å². The van der Waals surface area contributed by atoms with Gasteiger partial charge < -0.3 is 5.73 Å². The van der Waals surface area contributed by atoms with Crippen LogP contribution in [0.4, 0.5) is 0 Å². The largest absolute Gasteiger partial charge is 0.326 e. The number of halogens is 1. The standard InChI is InChI=1S/C13H14ClN3S/c1-8-6-9(2)17-12(10(8)7-15)18-13-11(14)4-3-5-16-13/h3-6H,7,15H2,1-2H3. The normalized spacial score (nSPS) is 10.7. The first-order chi connectivity index (χ1) is 8.61. The van der Waals surface area contributed by atoms with E-state index in [1.165, 1.54) is 11.8 Å². The molecule has 5 heteroatoms. The Balaban J connectivity index is 2.43. The van der Waals surface area contributed by atoms with E-state index in [1.54, 1.807) is 6.20 Å². The molecule has 18 heavy (non-hydrogen) atoms. The molecule has 3 nitrogen and oxygen atoms in total. The summed E-state index contributed by atoms with van der Waals surface area (Å²) in [5, 5.41) is 2.27. The molecule has 0 aromatic carbocycles. The van der Waals surface area contributed by atoms with E-state index in [4.69, 9.17) is 17.3 Å². The average Bonchev–Trinajstić information content (AvgIpc) is 2.31. The quantitative estimate of drug-likeness (QED) is 0.936. The third-order valence-corrected chi connectivity index (χ3v) is 4.03. The molecule has 0 atom stereocenters. The smallest absolute Gasteiger partial charge is 0.121 e. The van der Waals surface area contributed by atoms with Gasteiger partial charge in [0.15, 0.2) is 0 Å². The Morgan fingerprint density at radius 1 is 1.33 bits per heavy atom. The van der Waals surface area contributed by atoms with Gasteiger partial charge >= 0.3 is 0 Å². The third-order valence-electron chi connectivity index (χ3n) is 2.56. The summed E-state index contributed by atoms with van der Waals surface area (Å²) in [6.07, 6.45) is 1.72. The second-order valence-corrected chi connectivity index (χ2v) is 5.35. The van der Waals surface area contributed by atoms with Gasteiger partial charge in [-0.05, 0) is 49.4 Å². The van der Waals surface area contributed by atoms with Gasteiger partial charge in [-0.2, -0.15) is 0 Å². The highest BCUT2D eigenvalue weighted by molar-refractivity contribution is 7.99. The van der Waals surface area contributed by atoms with Gasteiger partial charge in [-0.3, -0.25) is 0 Å². The van der Waals surface area contributed by atoms with E-state index in [9.17, 15) is 0 Å². The lowest BCUT2D eigenvalue weighted by Crippen LogP contribution is -2.04. The highest BCUT2D eigenvalue weighted by Crippen LogP contribution is 2.33. The number of nitrogens with zero attached hydrogens (tertiary/aromatic N) is 2. The molecule has 0 amide bonds. The minimum Gasteiger partial charge on any atom is -0.326 e. The van der Waals surface area contributed by atoms with E-state index in [0.29, 0.717) is 11.6 Å². The molecule has 0 saturated carbocycles. The molecule has 0 spiro atoms. The van der Waals surface area contributed by atoms with Crippen LogP contribution < -0.4 is 5.73 Å². The van der Waals surface area contributed by atoms with Crippen LogP contribution in [0, 0.1) is 13.8 Å². The second-order valence-electron chi connectivity index (χ2n) is 3.96. The van der Waals surface area contributed by atoms with Gasteiger partial charge in [-0.15, -0.1) is 0 Å². The summed E-state index contributed by atoms with van der Waals surface area (Å²) in [6.45, 7) is 4.48. The van der Waals surface area contributed by atoms with Crippen molar-refractivity contribution >= 4 is 23.4 Å². The van der Waals surface area contributed by atoms with Gasteiger partial charge in [0.2, 0.25) is 0 Å². The summed E-state index contributed by atoms with van der Waals surface area (Å²) < 4.78 is 0. The Hall–Kier alpha value is -1.10. The third kappa shape index (κ3) is 2.83. The first-order valence-corrected chi connectivity index (χ1v) is 6.77. The summed E-state index contributed by atoms with van der Waals surface area (Å²) in [5.41, 5.74) is 8.96. The molecule has 0 saturated heterocycles. The van der Waals surface area contributed by atoms with Crippen LogP contribution in [0.5, 0.6) is 0 Å². The molecule has 2 rings (SSSR count). The molecule has 2 heterocycles. The summed E-state index contributed by atoms with van der Waals surface area (Å²) in [5.74, 6) is 0. The van der Waals surface area contributed by atoms with Crippen molar-refractivity contribution in [3.63, 3.8) is 0 Å². The number of hydrogen-bond donors (Lipinski definition) is 1. The van der Waals surface area contributed by atoms with E-state index < -0.39 is 0 Å².